The van der Waals surface area contributed by atoms with E-state index in [2.05, 4.69) is 30.3 Å². The van der Waals surface area contributed by atoms with Crippen LogP contribution in [0, 0.1) is 22.2 Å². The van der Waals surface area contributed by atoms with Crippen LogP contribution in [0.15, 0.2) is 29.2 Å². The van der Waals surface area contributed by atoms with Crippen molar-refractivity contribution in [2.24, 2.45) is 10.8 Å². The van der Waals surface area contributed by atoms with Crippen LogP contribution in [0.1, 0.15) is 38.7 Å². The number of thioether (sulfide) groups is 1. The molecule has 1 saturated carbocycles. The van der Waals surface area contributed by atoms with Crippen molar-refractivity contribution in [1.29, 1.82) is 5.26 Å². The van der Waals surface area contributed by atoms with Gasteiger partial charge in [-0.25, -0.2) is 0 Å². The maximum atomic E-state index is 12.6. The fourth-order valence-corrected chi connectivity index (χ4v) is 4.95. The van der Waals surface area contributed by atoms with Gasteiger partial charge in [-0.2, -0.15) is 5.26 Å². The molecule has 1 aliphatic heterocycles. The molecule has 1 fully saturated rings. The highest BCUT2D eigenvalue weighted by Gasteiger charge is 2.53. The van der Waals surface area contributed by atoms with Crippen molar-refractivity contribution < 1.29 is 4.79 Å². The summed E-state index contributed by atoms with van der Waals surface area (Å²) in [4.78, 5) is 13.9. The van der Waals surface area contributed by atoms with E-state index in [9.17, 15) is 10.1 Å². The number of carbonyl (C=O) groups excluding carboxylic acids is 1. The van der Waals surface area contributed by atoms with Crippen molar-refractivity contribution in [2.45, 2.75) is 49.7 Å². The first kappa shape index (κ1) is 13.7. The molecule has 2 unspecified atom stereocenters. The van der Waals surface area contributed by atoms with Crippen molar-refractivity contribution >= 4 is 17.5 Å². The lowest BCUT2D eigenvalue weighted by Crippen LogP contribution is -2.33. The van der Waals surface area contributed by atoms with E-state index in [0.29, 0.717) is 11.7 Å². The van der Waals surface area contributed by atoms with Crippen LogP contribution < -0.4 is 0 Å². The van der Waals surface area contributed by atoms with Crippen LogP contribution in [-0.4, -0.2) is 11.0 Å². The summed E-state index contributed by atoms with van der Waals surface area (Å²) < 4.78 is 0. The molecule has 0 aromatic heterocycles. The van der Waals surface area contributed by atoms with Crippen LogP contribution in [0.4, 0.5) is 0 Å². The minimum Gasteiger partial charge on any atom is -0.297 e. The van der Waals surface area contributed by atoms with E-state index < -0.39 is 5.41 Å². The molecule has 2 atom stereocenters. The van der Waals surface area contributed by atoms with Gasteiger partial charge in [0.2, 0.25) is 0 Å². The molecule has 104 valence electrons. The summed E-state index contributed by atoms with van der Waals surface area (Å²) in [6.45, 7) is 3.95. The van der Waals surface area contributed by atoms with Crippen LogP contribution in [0.3, 0.4) is 0 Å². The van der Waals surface area contributed by atoms with E-state index in [-0.39, 0.29) is 11.2 Å². The Morgan fingerprint density at radius 1 is 1.35 bits per heavy atom. The van der Waals surface area contributed by atoms with E-state index in [1.165, 1.54) is 10.5 Å². The highest BCUT2D eigenvalue weighted by atomic mass is 32.2. The summed E-state index contributed by atoms with van der Waals surface area (Å²) >= 11 is 1.84. The zero-order valence-electron chi connectivity index (χ0n) is 12.0. The number of Topliss-reactive ketones (excluding diaryl/α,β-unsaturated/α-hetero) is 1. The number of rotatable bonds is 2. The van der Waals surface area contributed by atoms with Crippen LogP contribution in [0.5, 0.6) is 0 Å². The standard InChI is InChI=1S/C17H19NOS/c1-16(2)7-8-17(11-18,15(16)19)10-13-9-12-5-3-4-6-14(12)20-13/h3-6,13H,7-10H2,1-2H3. The summed E-state index contributed by atoms with van der Waals surface area (Å²) in [6.07, 6.45) is 3.25. The second-order valence-electron chi connectivity index (χ2n) is 6.66. The van der Waals surface area contributed by atoms with Gasteiger partial charge in [0.25, 0.3) is 0 Å². The maximum Gasteiger partial charge on any atom is 0.158 e. The highest BCUT2D eigenvalue weighted by molar-refractivity contribution is 8.00. The zero-order valence-corrected chi connectivity index (χ0v) is 12.8. The highest BCUT2D eigenvalue weighted by Crippen LogP contribution is 2.51. The Morgan fingerprint density at radius 3 is 2.70 bits per heavy atom. The van der Waals surface area contributed by atoms with E-state index >= 15 is 0 Å². The molecular weight excluding hydrogens is 266 g/mol. The van der Waals surface area contributed by atoms with Crippen molar-refractivity contribution in [1.82, 2.24) is 0 Å². The van der Waals surface area contributed by atoms with E-state index in [1.54, 1.807) is 0 Å². The molecule has 0 radical (unpaired) electrons. The molecule has 2 aliphatic rings. The Morgan fingerprint density at radius 2 is 2.10 bits per heavy atom. The first-order valence-corrected chi connectivity index (χ1v) is 8.06. The number of benzene rings is 1. The fourth-order valence-electron chi connectivity index (χ4n) is 3.50. The fraction of sp³-hybridized carbons (Fsp3) is 0.529. The molecule has 20 heavy (non-hydrogen) atoms. The van der Waals surface area contributed by atoms with Gasteiger partial charge >= 0.3 is 0 Å². The van der Waals surface area contributed by atoms with Crippen LogP contribution in [0.25, 0.3) is 0 Å². The number of hydrogen-bond donors (Lipinski definition) is 0. The van der Waals surface area contributed by atoms with Gasteiger partial charge < -0.3 is 0 Å². The third-order valence-electron chi connectivity index (χ3n) is 4.73. The van der Waals surface area contributed by atoms with Gasteiger partial charge in [-0.05, 0) is 37.3 Å². The SMILES string of the molecule is CC1(C)CCC(C#N)(CC2Cc3ccccc3S2)C1=O. The summed E-state index contributed by atoms with van der Waals surface area (Å²) in [7, 11) is 0. The van der Waals surface area contributed by atoms with Crippen molar-refractivity contribution in [2.75, 3.05) is 0 Å². The lowest BCUT2D eigenvalue weighted by Gasteiger charge is -2.24. The Kier molecular flexibility index (Phi) is 3.17. The van der Waals surface area contributed by atoms with Gasteiger partial charge in [0.05, 0.1) is 6.07 Å². The molecule has 0 N–H and O–H groups in total. The summed E-state index contributed by atoms with van der Waals surface area (Å²) in [6, 6.07) is 10.8. The molecular formula is C17H19NOS. The number of hydrogen-bond acceptors (Lipinski definition) is 3. The molecule has 0 spiro atoms. The van der Waals surface area contributed by atoms with Gasteiger partial charge in [-0.15, -0.1) is 11.8 Å². The van der Waals surface area contributed by atoms with Crippen molar-refractivity contribution in [3.05, 3.63) is 29.8 Å². The average molecular weight is 285 g/mol. The first-order valence-electron chi connectivity index (χ1n) is 7.18. The van der Waals surface area contributed by atoms with Crippen molar-refractivity contribution in [3.8, 4) is 6.07 Å². The van der Waals surface area contributed by atoms with Crippen LogP contribution >= 0.6 is 11.8 Å². The van der Waals surface area contributed by atoms with Gasteiger partial charge in [-0.3, -0.25) is 4.79 Å². The number of ketones is 1. The molecule has 0 amide bonds. The molecule has 3 heteroatoms. The monoisotopic (exact) mass is 285 g/mol. The molecule has 1 aromatic rings. The average Bonchev–Trinajstić information content (AvgIpc) is 2.93. The minimum absolute atomic E-state index is 0.157. The van der Waals surface area contributed by atoms with E-state index in [4.69, 9.17) is 0 Å². The zero-order chi connectivity index (χ0) is 14.4. The molecule has 0 saturated heterocycles. The predicted octanol–water partition coefficient (Wildman–Crippen LogP) is 3.99. The topological polar surface area (TPSA) is 40.9 Å². The normalized spacial score (nSPS) is 31.1. The Hall–Kier alpha value is -1.27. The largest absolute Gasteiger partial charge is 0.297 e. The quantitative estimate of drug-likeness (QED) is 0.825. The maximum absolute atomic E-state index is 12.6. The Bertz CT molecular complexity index is 576. The summed E-state index contributed by atoms with van der Waals surface area (Å²) in [5.74, 6) is 0.157. The Labute approximate surface area is 124 Å². The van der Waals surface area contributed by atoms with Crippen LogP contribution in [0.2, 0.25) is 0 Å². The van der Waals surface area contributed by atoms with Gasteiger partial charge in [0, 0.05) is 15.6 Å². The third kappa shape index (κ3) is 2.07. The minimum atomic E-state index is -0.747. The van der Waals surface area contributed by atoms with E-state index in [1.807, 2.05) is 25.6 Å². The van der Waals surface area contributed by atoms with Crippen molar-refractivity contribution in [3.63, 3.8) is 0 Å². The number of nitriles is 1. The number of fused-ring (bicyclic) bond motifs is 1. The lowest BCUT2D eigenvalue weighted by molar-refractivity contribution is -0.130. The smallest absolute Gasteiger partial charge is 0.158 e. The molecule has 0 bridgehead atoms. The van der Waals surface area contributed by atoms with Gasteiger partial charge in [0.1, 0.15) is 5.41 Å². The molecule has 2 nitrogen and oxygen atoms in total. The molecule has 3 rings (SSSR count). The van der Waals surface area contributed by atoms with Gasteiger partial charge in [0.15, 0.2) is 5.78 Å². The predicted molar refractivity (Wildman–Crippen MR) is 80.5 cm³/mol. The second-order valence-corrected chi connectivity index (χ2v) is 8.00. The Balaban J connectivity index is 1.79. The van der Waals surface area contributed by atoms with Crippen LogP contribution in [-0.2, 0) is 11.2 Å². The third-order valence-corrected chi connectivity index (χ3v) is 6.05. The summed E-state index contributed by atoms with van der Waals surface area (Å²) in [5.41, 5.74) is 0.287. The van der Waals surface area contributed by atoms with Gasteiger partial charge in [-0.1, -0.05) is 32.0 Å². The number of nitrogens with zero attached hydrogens (tertiary/aromatic N) is 1. The van der Waals surface area contributed by atoms with E-state index in [0.717, 1.165) is 19.3 Å². The summed E-state index contributed by atoms with van der Waals surface area (Å²) in [5, 5.41) is 9.98. The molecule has 1 aliphatic carbocycles. The first-order chi connectivity index (χ1) is 9.47. The molecule has 1 aromatic carbocycles. The molecule has 1 heterocycles. The second kappa shape index (κ2) is 4.63. The number of carbonyl (C=O) groups is 1. The lowest BCUT2D eigenvalue weighted by atomic mass is 9.77.